The molecular weight excluding hydrogens is 405 g/mol. The van der Waals surface area contributed by atoms with E-state index in [0.29, 0.717) is 5.95 Å². The molecule has 2 aromatic carbocycles. The van der Waals surface area contributed by atoms with Crippen LogP contribution in [0.1, 0.15) is 44.2 Å². The Balaban J connectivity index is 1.35. The summed E-state index contributed by atoms with van der Waals surface area (Å²) < 4.78 is 13.1. The minimum absolute atomic E-state index is 0.00851. The molecule has 1 aliphatic carbocycles. The monoisotopic (exact) mass is 435 g/mol. The number of carbonyl (C=O) groups excluding carboxylic acids is 1. The molecule has 0 saturated heterocycles. The average Bonchev–Trinajstić information content (AvgIpc) is 2.79. The van der Waals surface area contributed by atoms with Crippen LogP contribution in [0.15, 0.2) is 48.5 Å². The van der Waals surface area contributed by atoms with Gasteiger partial charge in [0.15, 0.2) is 0 Å². The molecule has 6 nitrogen and oxygen atoms in total. The molecule has 0 aliphatic heterocycles. The summed E-state index contributed by atoms with van der Waals surface area (Å²) >= 11 is 0. The van der Waals surface area contributed by atoms with Gasteiger partial charge in [0.25, 0.3) is 0 Å². The van der Waals surface area contributed by atoms with Gasteiger partial charge in [-0.25, -0.2) is 9.37 Å². The minimum atomic E-state index is -0.272. The quantitative estimate of drug-likeness (QED) is 0.588. The maximum Gasteiger partial charge on any atom is 0.225 e. The number of rotatable bonds is 6. The maximum atomic E-state index is 13.1. The van der Waals surface area contributed by atoms with Gasteiger partial charge in [-0.15, -0.1) is 0 Å². The van der Waals surface area contributed by atoms with Crippen molar-refractivity contribution in [2.75, 3.05) is 24.3 Å². The highest BCUT2D eigenvalue weighted by Crippen LogP contribution is 2.29. The molecule has 1 aliphatic rings. The first kappa shape index (κ1) is 22.0. The molecule has 2 N–H and O–H groups in total. The summed E-state index contributed by atoms with van der Waals surface area (Å²) in [5.74, 6) is 1.31. The highest BCUT2D eigenvalue weighted by molar-refractivity contribution is 5.90. The number of aromatic nitrogens is 2. The zero-order valence-electron chi connectivity index (χ0n) is 18.8. The van der Waals surface area contributed by atoms with Crippen LogP contribution in [0.4, 0.5) is 16.2 Å². The smallest absolute Gasteiger partial charge is 0.225 e. The molecule has 32 heavy (non-hydrogen) atoms. The Morgan fingerprint density at radius 2 is 1.72 bits per heavy atom. The van der Waals surface area contributed by atoms with Crippen LogP contribution < -0.4 is 15.5 Å². The molecule has 4 rings (SSSR count). The van der Waals surface area contributed by atoms with Crippen LogP contribution in [0.3, 0.4) is 0 Å². The van der Waals surface area contributed by atoms with Crippen LogP contribution in [0.5, 0.6) is 0 Å². The molecule has 1 atom stereocenters. The Morgan fingerprint density at radius 3 is 2.41 bits per heavy atom. The third-order valence-corrected chi connectivity index (χ3v) is 6.17. The van der Waals surface area contributed by atoms with E-state index in [1.807, 2.05) is 50.2 Å². The maximum absolute atomic E-state index is 13.1. The van der Waals surface area contributed by atoms with E-state index in [9.17, 15) is 9.18 Å². The lowest BCUT2D eigenvalue weighted by atomic mass is 9.85. The van der Waals surface area contributed by atoms with E-state index in [4.69, 9.17) is 9.97 Å². The normalized spacial score (nSPS) is 19.4. The zero-order valence-corrected chi connectivity index (χ0v) is 18.8. The van der Waals surface area contributed by atoms with Gasteiger partial charge in [-0.2, -0.15) is 4.98 Å². The fourth-order valence-electron chi connectivity index (χ4n) is 4.31. The Morgan fingerprint density at radius 1 is 1.03 bits per heavy atom. The summed E-state index contributed by atoms with van der Waals surface area (Å²) in [6, 6.07) is 14.4. The molecule has 1 heterocycles. The van der Waals surface area contributed by atoms with Crippen molar-refractivity contribution in [2.24, 2.45) is 5.92 Å². The van der Waals surface area contributed by atoms with E-state index in [1.165, 1.54) is 12.1 Å². The number of hydrogen-bond donors (Lipinski definition) is 2. The number of carbonyl (C=O) groups is 1. The van der Waals surface area contributed by atoms with E-state index in [-0.39, 0.29) is 29.7 Å². The standard InChI is InChI=1S/C25H30FN5O/c1-16(17-8-12-19(26)13-9-17)27-24(32)18-10-14-20(15-11-18)28-25-29-22-7-5-4-6-21(22)23(30-25)31(2)3/h4-9,12-13,16,18,20H,10-11,14-15H2,1-3H3,(H,27,32)(H,28,29,30)/t16?,18-,20+. The predicted octanol–water partition coefficient (Wildman–Crippen LogP) is 4.68. The molecule has 1 aromatic heterocycles. The number of fused-ring (bicyclic) bond motifs is 1. The molecule has 0 bridgehead atoms. The van der Waals surface area contributed by atoms with Gasteiger partial charge in [0.05, 0.1) is 11.6 Å². The van der Waals surface area contributed by atoms with Crippen LogP contribution in [0.2, 0.25) is 0 Å². The second kappa shape index (κ2) is 9.51. The zero-order chi connectivity index (χ0) is 22.7. The van der Waals surface area contributed by atoms with E-state index in [1.54, 1.807) is 12.1 Å². The Kier molecular flexibility index (Phi) is 6.53. The van der Waals surface area contributed by atoms with Crippen LogP contribution in [0.25, 0.3) is 10.9 Å². The Bertz CT molecular complexity index is 1080. The summed E-state index contributed by atoms with van der Waals surface area (Å²) in [7, 11) is 3.96. The summed E-state index contributed by atoms with van der Waals surface area (Å²) in [5, 5.41) is 7.59. The molecular formula is C25H30FN5O. The van der Waals surface area contributed by atoms with Crippen molar-refractivity contribution >= 4 is 28.6 Å². The van der Waals surface area contributed by atoms with E-state index < -0.39 is 0 Å². The molecule has 1 saturated carbocycles. The molecule has 1 fully saturated rings. The number of para-hydroxylation sites is 1. The molecule has 7 heteroatoms. The SMILES string of the molecule is CC(NC(=O)[C@H]1CC[C@@H](Nc2nc(N(C)C)c3ccccc3n2)CC1)c1ccc(F)cc1. The van der Waals surface area contributed by atoms with Crippen molar-refractivity contribution in [3.63, 3.8) is 0 Å². The largest absolute Gasteiger partial charge is 0.362 e. The molecule has 1 amide bonds. The van der Waals surface area contributed by atoms with Gasteiger partial charge in [-0.1, -0.05) is 24.3 Å². The summed E-state index contributed by atoms with van der Waals surface area (Å²) in [6.07, 6.45) is 3.40. The van der Waals surface area contributed by atoms with Crippen LogP contribution in [0, 0.1) is 11.7 Å². The van der Waals surface area contributed by atoms with Gasteiger partial charge in [0.1, 0.15) is 11.6 Å². The van der Waals surface area contributed by atoms with Gasteiger partial charge in [-0.05, 0) is 62.4 Å². The lowest BCUT2D eigenvalue weighted by Crippen LogP contribution is -2.37. The first-order chi connectivity index (χ1) is 15.4. The molecule has 0 radical (unpaired) electrons. The van der Waals surface area contributed by atoms with Crippen molar-refractivity contribution in [3.05, 3.63) is 59.9 Å². The van der Waals surface area contributed by atoms with Gasteiger partial charge < -0.3 is 15.5 Å². The second-order valence-corrected chi connectivity index (χ2v) is 8.76. The van der Waals surface area contributed by atoms with Crippen molar-refractivity contribution in [2.45, 2.75) is 44.7 Å². The summed E-state index contributed by atoms with van der Waals surface area (Å²) in [6.45, 7) is 1.93. The number of nitrogens with zero attached hydrogens (tertiary/aromatic N) is 3. The molecule has 168 valence electrons. The highest BCUT2D eigenvalue weighted by Gasteiger charge is 2.27. The summed E-state index contributed by atoms with van der Waals surface area (Å²) in [5.41, 5.74) is 1.82. The minimum Gasteiger partial charge on any atom is -0.362 e. The van der Waals surface area contributed by atoms with Gasteiger partial charge >= 0.3 is 0 Å². The van der Waals surface area contributed by atoms with Crippen molar-refractivity contribution < 1.29 is 9.18 Å². The Hall–Kier alpha value is -3.22. The lowest BCUT2D eigenvalue weighted by Gasteiger charge is -2.29. The topological polar surface area (TPSA) is 70.2 Å². The number of nitrogens with one attached hydrogen (secondary N) is 2. The third kappa shape index (κ3) is 4.98. The first-order valence-electron chi connectivity index (χ1n) is 11.2. The second-order valence-electron chi connectivity index (χ2n) is 8.76. The van der Waals surface area contributed by atoms with E-state index >= 15 is 0 Å². The lowest BCUT2D eigenvalue weighted by molar-refractivity contribution is -0.126. The third-order valence-electron chi connectivity index (χ3n) is 6.17. The fraction of sp³-hybridized carbons (Fsp3) is 0.400. The number of amides is 1. The number of benzene rings is 2. The summed E-state index contributed by atoms with van der Waals surface area (Å²) in [4.78, 5) is 24.2. The average molecular weight is 436 g/mol. The number of halogens is 1. The highest BCUT2D eigenvalue weighted by atomic mass is 19.1. The van der Waals surface area contributed by atoms with Gasteiger partial charge in [0.2, 0.25) is 11.9 Å². The molecule has 1 unspecified atom stereocenters. The van der Waals surface area contributed by atoms with Crippen LogP contribution in [-0.2, 0) is 4.79 Å². The predicted molar refractivity (Wildman–Crippen MR) is 126 cm³/mol. The van der Waals surface area contributed by atoms with Crippen LogP contribution in [-0.4, -0.2) is 36.0 Å². The van der Waals surface area contributed by atoms with E-state index in [0.717, 1.165) is 48.0 Å². The molecule has 0 spiro atoms. The number of hydrogen-bond acceptors (Lipinski definition) is 5. The molecule has 3 aromatic rings. The van der Waals surface area contributed by atoms with Crippen molar-refractivity contribution in [1.29, 1.82) is 0 Å². The fourth-order valence-corrected chi connectivity index (χ4v) is 4.31. The van der Waals surface area contributed by atoms with Gasteiger partial charge in [-0.3, -0.25) is 4.79 Å². The van der Waals surface area contributed by atoms with Crippen LogP contribution >= 0.6 is 0 Å². The van der Waals surface area contributed by atoms with E-state index in [2.05, 4.69) is 10.6 Å². The first-order valence-corrected chi connectivity index (χ1v) is 11.2. The Labute approximate surface area is 188 Å². The van der Waals surface area contributed by atoms with Crippen molar-refractivity contribution in [3.8, 4) is 0 Å². The number of anilines is 2. The van der Waals surface area contributed by atoms with Crippen molar-refractivity contribution in [1.82, 2.24) is 15.3 Å². The van der Waals surface area contributed by atoms with Gasteiger partial charge in [0, 0.05) is 31.4 Å².